The van der Waals surface area contributed by atoms with E-state index in [1.807, 2.05) is 6.92 Å². The van der Waals surface area contributed by atoms with E-state index in [0.29, 0.717) is 17.7 Å². The van der Waals surface area contributed by atoms with Crippen molar-refractivity contribution < 1.29 is 90.4 Å². The lowest BCUT2D eigenvalue weighted by molar-refractivity contribution is -0.437. The minimum absolute atomic E-state index is 0.0363. The molecule has 0 aliphatic carbocycles. The molecule has 0 saturated heterocycles. The smallest absolute Gasteiger partial charge is 0.460 e. The lowest BCUT2D eigenvalue weighted by Crippen LogP contribution is -2.71. The molecular weight excluding hydrogens is 851 g/mol. The van der Waals surface area contributed by atoms with Crippen LogP contribution < -0.4 is 9.47 Å². The van der Waals surface area contributed by atoms with Gasteiger partial charge in [-0.25, -0.2) is 14.4 Å². The summed E-state index contributed by atoms with van der Waals surface area (Å²) in [4.78, 5) is 36.6. The van der Waals surface area contributed by atoms with Crippen molar-refractivity contribution in [3.8, 4) is 22.6 Å². The van der Waals surface area contributed by atoms with E-state index in [9.17, 15) is 71.5 Å². The molecule has 3 rings (SSSR count). The van der Waals surface area contributed by atoms with Gasteiger partial charge >= 0.3 is 53.7 Å². The Morgan fingerprint density at radius 1 is 0.525 bits per heavy atom. The van der Waals surface area contributed by atoms with E-state index in [0.717, 1.165) is 43.2 Å². The van der Waals surface area contributed by atoms with Gasteiger partial charge in [-0.1, -0.05) is 50.5 Å². The number of hydrogen-bond donors (Lipinski definition) is 0. The maximum Gasteiger partial charge on any atom is 0.460 e. The third-order valence-electron chi connectivity index (χ3n) is 9.11. The highest BCUT2D eigenvalue weighted by molar-refractivity contribution is 5.92. The lowest BCUT2D eigenvalue weighted by atomic mass is 9.94. The lowest BCUT2D eigenvalue weighted by Gasteiger charge is -2.38. The Labute approximate surface area is 341 Å². The van der Waals surface area contributed by atoms with Gasteiger partial charge in [0, 0.05) is 0 Å². The van der Waals surface area contributed by atoms with Gasteiger partial charge in [-0.3, -0.25) is 0 Å². The number of hydrogen-bond acceptors (Lipinski definition) is 7. The molecule has 3 aromatic carbocycles. The molecule has 0 bridgehead atoms. The molecular formula is C41H41F13O7. The number of alkyl halides is 13. The van der Waals surface area contributed by atoms with E-state index in [-0.39, 0.29) is 43.3 Å². The minimum Gasteiger partial charge on any atom is -0.494 e. The molecule has 0 aromatic heterocycles. The van der Waals surface area contributed by atoms with Crippen LogP contribution in [0.2, 0.25) is 0 Å². The molecule has 61 heavy (non-hydrogen) atoms. The van der Waals surface area contributed by atoms with Crippen LogP contribution in [0, 0.1) is 0 Å². The fourth-order valence-corrected chi connectivity index (χ4v) is 5.44. The summed E-state index contributed by atoms with van der Waals surface area (Å²) < 4.78 is 192. The van der Waals surface area contributed by atoms with Gasteiger partial charge in [0.1, 0.15) is 11.5 Å². The molecule has 0 heterocycles. The van der Waals surface area contributed by atoms with Gasteiger partial charge in [0.05, 0.1) is 30.4 Å². The number of unbranched alkanes of at least 4 members (excludes halogenated alkanes) is 6. The van der Waals surface area contributed by atoms with Crippen LogP contribution >= 0.6 is 0 Å². The Morgan fingerprint density at radius 2 is 0.984 bits per heavy atom. The Bertz CT molecular complexity index is 1880. The number of ether oxygens (including phenoxy) is 4. The fourth-order valence-electron chi connectivity index (χ4n) is 5.44. The second kappa shape index (κ2) is 20.7. The summed E-state index contributed by atoms with van der Waals surface area (Å²) in [5, 5.41) is 0. The van der Waals surface area contributed by atoms with Gasteiger partial charge in [0.2, 0.25) is 0 Å². The van der Waals surface area contributed by atoms with Crippen molar-refractivity contribution >= 4 is 17.9 Å². The Hall–Kier alpha value is -5.04. The molecule has 0 aliphatic heterocycles. The molecule has 3 aromatic rings. The van der Waals surface area contributed by atoms with E-state index in [4.69, 9.17) is 14.2 Å². The number of benzene rings is 3. The first kappa shape index (κ1) is 50.3. The zero-order valence-electron chi connectivity index (χ0n) is 32.6. The highest BCUT2D eigenvalue weighted by atomic mass is 19.4. The van der Waals surface area contributed by atoms with E-state index < -0.39 is 60.3 Å². The topological polar surface area (TPSA) is 88.1 Å². The van der Waals surface area contributed by atoms with Gasteiger partial charge in [-0.15, -0.1) is 0 Å². The van der Waals surface area contributed by atoms with Crippen molar-refractivity contribution in [1.82, 2.24) is 0 Å². The molecule has 0 fully saturated rings. The fraction of sp³-hybridized carbons (Fsp3) is 0.488. The quantitative estimate of drug-likeness (QED) is 0.0405. The molecule has 0 N–H and O–H groups in total. The molecule has 7 nitrogen and oxygen atoms in total. The summed E-state index contributed by atoms with van der Waals surface area (Å²) in [5.41, 5.74) is 2.06. The molecule has 0 amide bonds. The summed E-state index contributed by atoms with van der Waals surface area (Å²) in [7, 11) is 0. The van der Waals surface area contributed by atoms with Crippen LogP contribution in [0.3, 0.4) is 0 Å². The summed E-state index contributed by atoms with van der Waals surface area (Å²) >= 11 is 0. The van der Waals surface area contributed by atoms with Crippen LogP contribution in [0.5, 0.6) is 11.5 Å². The van der Waals surface area contributed by atoms with Crippen LogP contribution in [0.4, 0.5) is 57.1 Å². The normalized spacial score (nSPS) is 13.4. The van der Waals surface area contributed by atoms with Crippen LogP contribution in [0.15, 0.2) is 72.8 Å². The summed E-state index contributed by atoms with van der Waals surface area (Å²) in [6.07, 6.45) is -2.52. The first-order chi connectivity index (χ1) is 28.3. The average Bonchev–Trinajstić information content (AvgIpc) is 3.20. The Morgan fingerprint density at radius 3 is 1.52 bits per heavy atom. The third-order valence-corrected chi connectivity index (χ3v) is 9.11. The van der Waals surface area contributed by atoms with E-state index in [1.54, 1.807) is 48.5 Å². The van der Waals surface area contributed by atoms with Crippen molar-refractivity contribution in [3.63, 3.8) is 0 Å². The van der Waals surface area contributed by atoms with E-state index in [1.165, 1.54) is 24.3 Å². The molecule has 0 aliphatic rings. The number of esters is 3. The largest absolute Gasteiger partial charge is 0.494 e. The first-order valence-corrected chi connectivity index (χ1v) is 18.8. The van der Waals surface area contributed by atoms with Gasteiger partial charge in [-0.2, -0.15) is 57.1 Å². The van der Waals surface area contributed by atoms with Gasteiger partial charge < -0.3 is 18.9 Å². The van der Waals surface area contributed by atoms with Crippen LogP contribution in [0.1, 0.15) is 92.4 Å². The Kier molecular flexibility index (Phi) is 17.1. The highest BCUT2D eigenvalue weighted by Gasteiger charge is 2.92. The van der Waals surface area contributed by atoms with Gasteiger partial charge in [0.25, 0.3) is 0 Å². The van der Waals surface area contributed by atoms with Gasteiger partial charge in [-0.05, 0) is 105 Å². The maximum absolute atomic E-state index is 13.9. The van der Waals surface area contributed by atoms with Crippen molar-refractivity contribution in [2.24, 2.45) is 0 Å². The predicted octanol–water partition coefficient (Wildman–Crippen LogP) is 12.3. The number of rotatable bonds is 23. The SMILES string of the molecule is CCCCCC[C@H](C)OC(=O)c1ccc(OC(=O)c2ccc(-c3ccc(OCCCCCCOC(=O)C(F)(F)C(F)(F)C(F)(F)C(F)(F)C(F)(F)C(F)(F)F)cc3)cc2)cc1. The van der Waals surface area contributed by atoms with Crippen LogP contribution in [-0.2, 0) is 14.3 Å². The highest BCUT2D eigenvalue weighted by Crippen LogP contribution is 2.60. The summed E-state index contributed by atoms with van der Waals surface area (Å²) in [6.45, 7) is 2.90. The van der Waals surface area contributed by atoms with Crippen LogP contribution in [0.25, 0.3) is 11.1 Å². The second-order valence-electron chi connectivity index (χ2n) is 13.8. The molecule has 0 spiro atoms. The maximum atomic E-state index is 13.9. The predicted molar refractivity (Wildman–Crippen MR) is 193 cm³/mol. The summed E-state index contributed by atoms with van der Waals surface area (Å²) in [5.74, 6) is -42.8. The Balaban J connectivity index is 1.39. The van der Waals surface area contributed by atoms with E-state index in [2.05, 4.69) is 11.7 Å². The standard InChI is InChI=1S/C41H41F13O7/c1-3-4-5-8-11-26(2)60-33(55)30-18-22-32(23-19-30)61-34(56)29-14-12-27(13-15-29)28-16-20-31(21-17-28)58-24-9-6-7-10-25-59-35(57)36(42,43)37(44,45)38(46,47)39(48,49)40(50,51)41(52,53)54/h12-23,26H,3-11,24-25H2,1-2H3/t26-/m0/s1. The van der Waals surface area contributed by atoms with Crippen molar-refractivity contribution in [3.05, 3.63) is 83.9 Å². The second-order valence-corrected chi connectivity index (χ2v) is 13.8. The number of carbonyl (C=O) groups excluding carboxylic acids is 3. The minimum atomic E-state index is -8.11. The molecule has 20 heteroatoms. The molecule has 338 valence electrons. The van der Waals surface area contributed by atoms with Crippen molar-refractivity contribution in [2.45, 2.75) is 114 Å². The number of halogens is 13. The molecule has 0 saturated carbocycles. The zero-order chi connectivity index (χ0) is 45.9. The van der Waals surface area contributed by atoms with Crippen LogP contribution in [-0.4, -0.2) is 73.0 Å². The van der Waals surface area contributed by atoms with Gasteiger partial charge in [0.15, 0.2) is 0 Å². The van der Waals surface area contributed by atoms with Crippen molar-refractivity contribution in [1.29, 1.82) is 0 Å². The average molecular weight is 893 g/mol. The third kappa shape index (κ3) is 12.1. The van der Waals surface area contributed by atoms with E-state index >= 15 is 0 Å². The molecule has 0 unspecified atom stereocenters. The first-order valence-electron chi connectivity index (χ1n) is 18.8. The monoisotopic (exact) mass is 892 g/mol. The van der Waals surface area contributed by atoms with Crippen molar-refractivity contribution in [2.75, 3.05) is 13.2 Å². The number of carbonyl (C=O) groups is 3. The molecule has 0 radical (unpaired) electrons. The summed E-state index contributed by atoms with van der Waals surface area (Å²) in [6, 6.07) is 19.2. The zero-order valence-corrected chi connectivity index (χ0v) is 32.6. The molecule has 1 atom stereocenters.